The number of benzene rings is 4. The first kappa shape index (κ1) is 19.2. The number of nitrogen functional groups attached to an aromatic ring is 2. The molecule has 0 aromatic heterocycles. The van der Waals surface area contributed by atoms with E-state index in [2.05, 4.69) is 0 Å². The normalized spacial score (nSPS) is 12.0. The van der Waals surface area contributed by atoms with Gasteiger partial charge >= 0.3 is 0 Å². The first-order valence-corrected chi connectivity index (χ1v) is 9.69. The molecule has 4 nitrogen and oxygen atoms in total. The van der Waals surface area contributed by atoms with E-state index in [4.69, 9.17) is 21.7 Å². The van der Waals surface area contributed by atoms with Gasteiger partial charge in [0.05, 0.1) is 0 Å². The molecule has 146 valence electrons. The first-order valence-electron chi connectivity index (χ1n) is 9.69. The van der Waals surface area contributed by atoms with Crippen LogP contribution in [0, 0.1) is 0 Å². The molecule has 4 heteroatoms. The van der Waals surface area contributed by atoms with Crippen molar-refractivity contribution in [3.05, 3.63) is 131 Å². The third-order valence-electron chi connectivity index (χ3n) is 4.71. The Morgan fingerprint density at radius 3 is 1.03 bits per heavy atom. The lowest BCUT2D eigenvalue weighted by Gasteiger charge is -2.09. The van der Waals surface area contributed by atoms with Crippen molar-refractivity contribution in [2.75, 3.05) is 11.5 Å². The summed E-state index contributed by atoms with van der Waals surface area (Å²) < 4.78 is 0. The van der Waals surface area contributed by atoms with E-state index in [9.17, 15) is 0 Å². The Kier molecular flexibility index (Phi) is 5.67. The molecule has 0 fully saturated rings. The summed E-state index contributed by atoms with van der Waals surface area (Å²) in [6, 6.07) is 35.3. The number of nitrogens with zero attached hydrogens (tertiary/aromatic N) is 2. The molecule has 4 rings (SSSR count). The summed E-state index contributed by atoms with van der Waals surface area (Å²) in [4.78, 5) is 0. The standard InChI is InChI=1S/C26H22N4/c27-23-15-11-21(12-16-23)25(19-7-3-1-4-8-19)29-30-26(20-9-5-2-6-10-20)22-13-17-24(28)18-14-22/h1-18H,27-28H2/b29-25-,30-26+. The van der Waals surface area contributed by atoms with Gasteiger partial charge in [0.25, 0.3) is 0 Å². The lowest BCUT2D eigenvalue weighted by atomic mass is 10.0. The molecule has 4 aromatic carbocycles. The summed E-state index contributed by atoms with van der Waals surface area (Å²) in [7, 11) is 0. The quantitative estimate of drug-likeness (QED) is 0.281. The van der Waals surface area contributed by atoms with E-state index < -0.39 is 0 Å². The third kappa shape index (κ3) is 4.45. The highest BCUT2D eigenvalue weighted by molar-refractivity contribution is 6.15. The molecule has 30 heavy (non-hydrogen) atoms. The Hall–Kier alpha value is -4.18. The molecule has 0 atom stereocenters. The fourth-order valence-electron chi connectivity index (χ4n) is 3.14. The SMILES string of the molecule is Nc1ccc(/C(=N\N=C(/c2ccccc2)c2ccc(N)cc2)c2ccccc2)cc1. The van der Waals surface area contributed by atoms with E-state index in [1.807, 2.05) is 109 Å². The van der Waals surface area contributed by atoms with Gasteiger partial charge in [0.1, 0.15) is 11.4 Å². The van der Waals surface area contributed by atoms with Crippen LogP contribution in [0.3, 0.4) is 0 Å². The second-order valence-electron chi connectivity index (χ2n) is 6.87. The topological polar surface area (TPSA) is 76.8 Å². The number of nitrogens with two attached hydrogens (primary N) is 2. The number of rotatable bonds is 5. The molecular formula is C26H22N4. The molecule has 0 saturated heterocycles. The average molecular weight is 390 g/mol. The van der Waals surface area contributed by atoms with E-state index in [-0.39, 0.29) is 0 Å². The Morgan fingerprint density at radius 1 is 0.400 bits per heavy atom. The van der Waals surface area contributed by atoms with Crippen molar-refractivity contribution in [1.82, 2.24) is 0 Å². The van der Waals surface area contributed by atoms with E-state index in [0.717, 1.165) is 33.7 Å². The van der Waals surface area contributed by atoms with Gasteiger partial charge in [-0.2, -0.15) is 0 Å². The molecule has 0 radical (unpaired) electrons. The van der Waals surface area contributed by atoms with Crippen molar-refractivity contribution >= 4 is 22.8 Å². The van der Waals surface area contributed by atoms with Crippen molar-refractivity contribution in [1.29, 1.82) is 0 Å². The van der Waals surface area contributed by atoms with Crippen LogP contribution in [0.25, 0.3) is 0 Å². The van der Waals surface area contributed by atoms with E-state index >= 15 is 0 Å². The zero-order chi connectivity index (χ0) is 20.8. The van der Waals surface area contributed by atoms with Crippen LogP contribution in [0.4, 0.5) is 11.4 Å². The van der Waals surface area contributed by atoms with Crippen LogP contribution < -0.4 is 11.5 Å². The van der Waals surface area contributed by atoms with Crippen LogP contribution in [0.2, 0.25) is 0 Å². The molecule has 0 spiro atoms. The van der Waals surface area contributed by atoms with Crippen molar-refractivity contribution in [3.8, 4) is 0 Å². The fraction of sp³-hybridized carbons (Fsp3) is 0. The minimum atomic E-state index is 0.710. The Morgan fingerprint density at radius 2 is 0.700 bits per heavy atom. The zero-order valence-corrected chi connectivity index (χ0v) is 16.4. The predicted molar refractivity (Wildman–Crippen MR) is 126 cm³/mol. The summed E-state index contributed by atoms with van der Waals surface area (Å²) >= 11 is 0. The monoisotopic (exact) mass is 390 g/mol. The predicted octanol–water partition coefficient (Wildman–Crippen LogP) is 5.14. The summed E-state index contributed by atoms with van der Waals surface area (Å²) in [5.41, 5.74) is 18.6. The van der Waals surface area contributed by atoms with E-state index in [1.54, 1.807) is 0 Å². The molecular weight excluding hydrogens is 368 g/mol. The van der Waals surface area contributed by atoms with Gasteiger partial charge in [-0.1, -0.05) is 84.9 Å². The first-order chi connectivity index (χ1) is 14.7. The van der Waals surface area contributed by atoms with Crippen molar-refractivity contribution in [2.45, 2.75) is 0 Å². The van der Waals surface area contributed by atoms with Crippen molar-refractivity contribution < 1.29 is 0 Å². The third-order valence-corrected chi connectivity index (χ3v) is 4.71. The van der Waals surface area contributed by atoms with Crippen LogP contribution in [-0.2, 0) is 0 Å². The maximum absolute atomic E-state index is 5.87. The van der Waals surface area contributed by atoms with Crippen molar-refractivity contribution in [3.63, 3.8) is 0 Å². The largest absolute Gasteiger partial charge is 0.399 e. The van der Waals surface area contributed by atoms with Gasteiger partial charge < -0.3 is 11.5 Å². The average Bonchev–Trinajstić information content (AvgIpc) is 2.80. The van der Waals surface area contributed by atoms with Crippen LogP contribution in [0.5, 0.6) is 0 Å². The Balaban J connectivity index is 1.87. The summed E-state index contributed by atoms with van der Waals surface area (Å²) in [6.45, 7) is 0. The lowest BCUT2D eigenvalue weighted by Crippen LogP contribution is -2.06. The Labute approximate surface area is 176 Å². The molecule has 0 amide bonds. The highest BCUT2D eigenvalue weighted by Crippen LogP contribution is 2.17. The molecule has 0 saturated carbocycles. The van der Waals surface area contributed by atoms with Gasteiger partial charge in [0.15, 0.2) is 0 Å². The maximum Gasteiger partial charge on any atom is 0.100 e. The van der Waals surface area contributed by atoms with Crippen LogP contribution in [0.15, 0.2) is 119 Å². The van der Waals surface area contributed by atoms with Gasteiger partial charge in [0, 0.05) is 33.6 Å². The highest BCUT2D eigenvalue weighted by atomic mass is 15.2. The van der Waals surface area contributed by atoms with Crippen LogP contribution in [-0.4, -0.2) is 11.4 Å². The second-order valence-corrected chi connectivity index (χ2v) is 6.87. The summed E-state index contributed by atoms with van der Waals surface area (Å²) in [6.07, 6.45) is 0. The maximum atomic E-state index is 5.87. The van der Waals surface area contributed by atoms with Crippen LogP contribution in [0.1, 0.15) is 22.3 Å². The number of anilines is 2. The molecule has 4 aromatic rings. The lowest BCUT2D eigenvalue weighted by molar-refractivity contribution is 1.22. The molecule has 0 heterocycles. The van der Waals surface area contributed by atoms with Gasteiger partial charge in [-0.05, 0) is 24.3 Å². The van der Waals surface area contributed by atoms with Crippen LogP contribution >= 0.6 is 0 Å². The van der Waals surface area contributed by atoms with Crippen molar-refractivity contribution in [2.24, 2.45) is 10.2 Å². The molecule has 4 N–H and O–H groups in total. The van der Waals surface area contributed by atoms with Gasteiger partial charge in [0.2, 0.25) is 0 Å². The Bertz CT molecular complexity index is 1060. The molecule has 0 aliphatic heterocycles. The van der Waals surface area contributed by atoms with E-state index in [0.29, 0.717) is 11.4 Å². The summed E-state index contributed by atoms with van der Waals surface area (Å²) in [5.74, 6) is 0. The zero-order valence-electron chi connectivity index (χ0n) is 16.4. The number of hydrogen-bond acceptors (Lipinski definition) is 4. The molecule has 0 aliphatic rings. The minimum absolute atomic E-state index is 0.710. The number of hydrogen-bond donors (Lipinski definition) is 2. The molecule has 0 bridgehead atoms. The highest BCUT2D eigenvalue weighted by Gasteiger charge is 2.10. The smallest absolute Gasteiger partial charge is 0.100 e. The van der Waals surface area contributed by atoms with Gasteiger partial charge in [-0.25, -0.2) is 0 Å². The summed E-state index contributed by atoms with van der Waals surface area (Å²) in [5, 5.41) is 9.40. The van der Waals surface area contributed by atoms with Gasteiger partial charge in [-0.15, -0.1) is 10.2 Å². The van der Waals surface area contributed by atoms with Gasteiger partial charge in [-0.3, -0.25) is 0 Å². The molecule has 0 unspecified atom stereocenters. The molecule has 0 aliphatic carbocycles. The van der Waals surface area contributed by atoms with E-state index in [1.165, 1.54) is 0 Å². The fourth-order valence-corrected chi connectivity index (χ4v) is 3.14. The minimum Gasteiger partial charge on any atom is -0.399 e. The second kappa shape index (κ2) is 8.88.